The highest BCUT2D eigenvalue weighted by molar-refractivity contribution is 7.89. The Kier molecular flexibility index (Phi) is 5.69. The fraction of sp³-hybridized carbons (Fsp3) is 0.500. The maximum atomic E-state index is 10.1. The smallest absolute Gasteiger partial charge is 0.209 e. The Bertz CT molecular complexity index is 161. The van der Waals surface area contributed by atoms with Crippen molar-refractivity contribution >= 4 is 10.0 Å². The number of primary sulfonamides is 1. The largest absolute Gasteiger partial charge is 0.344 e. The molecule has 0 radical (unpaired) electrons. The van der Waals surface area contributed by atoms with E-state index < -0.39 is 10.0 Å². The highest BCUT2D eigenvalue weighted by atomic mass is 32.2. The summed E-state index contributed by atoms with van der Waals surface area (Å²) in [5.74, 6) is -0.00347. The predicted molar refractivity (Wildman–Crippen MR) is 37.8 cm³/mol. The van der Waals surface area contributed by atoms with E-state index in [0.717, 1.165) is 0 Å². The summed E-state index contributed by atoms with van der Waals surface area (Å²) in [6.07, 6.45) is 1.95. The maximum absolute atomic E-state index is 10.1. The highest BCUT2D eigenvalue weighted by Crippen LogP contribution is 1.83. The molecule has 0 aliphatic heterocycles. The van der Waals surface area contributed by atoms with Crippen molar-refractivity contribution in [3.05, 3.63) is 12.7 Å². The van der Waals surface area contributed by atoms with Gasteiger partial charge < -0.3 is 6.15 Å². The molecule has 4 nitrogen and oxygen atoms in total. The molecule has 0 spiro atoms. The van der Waals surface area contributed by atoms with Crippen LogP contribution in [-0.2, 0) is 10.0 Å². The minimum Gasteiger partial charge on any atom is -0.344 e. The molecular weight excluding hydrogens is 140 g/mol. The zero-order valence-electron chi connectivity index (χ0n) is 5.21. The van der Waals surface area contributed by atoms with Crippen LogP contribution in [0.3, 0.4) is 0 Å². The molecule has 5 heteroatoms. The fourth-order valence-electron chi connectivity index (χ4n) is 0.248. The van der Waals surface area contributed by atoms with Crippen LogP contribution in [0.2, 0.25) is 0 Å². The molecule has 0 saturated heterocycles. The molecule has 0 aliphatic rings. The average Bonchev–Trinajstić information content (AvgIpc) is 1.59. The van der Waals surface area contributed by atoms with Crippen LogP contribution in [-0.4, -0.2) is 14.2 Å². The van der Waals surface area contributed by atoms with Crippen LogP contribution >= 0.6 is 0 Å². The lowest BCUT2D eigenvalue weighted by Crippen LogP contribution is -2.15. The zero-order chi connectivity index (χ0) is 6.62. The van der Waals surface area contributed by atoms with Gasteiger partial charge in [-0.05, 0) is 6.42 Å². The van der Waals surface area contributed by atoms with Gasteiger partial charge in [0.2, 0.25) is 10.0 Å². The number of rotatable bonds is 3. The normalized spacial score (nSPS) is 9.89. The molecule has 0 bridgehead atoms. The lowest BCUT2D eigenvalue weighted by Gasteiger charge is -1.88. The van der Waals surface area contributed by atoms with E-state index in [1.165, 1.54) is 6.08 Å². The summed E-state index contributed by atoms with van der Waals surface area (Å²) in [7, 11) is -3.26. The molecule has 0 amide bonds. The Labute approximate surface area is 55.4 Å². The molecule has 0 unspecified atom stereocenters. The van der Waals surface area contributed by atoms with Gasteiger partial charge in [-0.3, -0.25) is 0 Å². The summed E-state index contributed by atoms with van der Waals surface area (Å²) < 4.78 is 20.2. The molecule has 0 atom stereocenters. The van der Waals surface area contributed by atoms with Crippen molar-refractivity contribution in [2.45, 2.75) is 6.42 Å². The SMILES string of the molecule is C=CCCS(N)(=O)=O.N. The van der Waals surface area contributed by atoms with Gasteiger partial charge >= 0.3 is 0 Å². The van der Waals surface area contributed by atoms with Gasteiger partial charge in [0.25, 0.3) is 0 Å². The number of hydrogen-bond donors (Lipinski definition) is 2. The van der Waals surface area contributed by atoms with E-state index in [-0.39, 0.29) is 11.9 Å². The van der Waals surface area contributed by atoms with Crippen LogP contribution in [0.25, 0.3) is 0 Å². The third kappa shape index (κ3) is 11.3. The van der Waals surface area contributed by atoms with Crippen molar-refractivity contribution in [2.24, 2.45) is 5.14 Å². The minimum atomic E-state index is -3.26. The maximum Gasteiger partial charge on any atom is 0.209 e. The molecule has 0 fully saturated rings. The van der Waals surface area contributed by atoms with Crippen molar-refractivity contribution in [3.63, 3.8) is 0 Å². The van der Waals surface area contributed by atoms with E-state index in [2.05, 4.69) is 11.7 Å². The predicted octanol–water partition coefficient (Wildman–Crippen LogP) is 0.0130. The molecule has 0 aromatic carbocycles. The molecule has 56 valence electrons. The third-order valence-corrected chi connectivity index (χ3v) is 1.41. The van der Waals surface area contributed by atoms with E-state index in [0.29, 0.717) is 6.42 Å². The average molecular weight is 152 g/mol. The van der Waals surface area contributed by atoms with Gasteiger partial charge in [0.15, 0.2) is 0 Å². The van der Waals surface area contributed by atoms with Crippen molar-refractivity contribution in [1.29, 1.82) is 0 Å². The Morgan fingerprint density at radius 1 is 1.56 bits per heavy atom. The van der Waals surface area contributed by atoms with Gasteiger partial charge in [0.05, 0.1) is 5.75 Å². The summed E-state index contributed by atoms with van der Waals surface area (Å²) in [4.78, 5) is 0. The topological polar surface area (TPSA) is 95.2 Å². The monoisotopic (exact) mass is 152 g/mol. The van der Waals surface area contributed by atoms with Crippen molar-refractivity contribution in [2.75, 3.05) is 5.75 Å². The van der Waals surface area contributed by atoms with E-state index in [1.807, 2.05) is 0 Å². The molecule has 0 saturated carbocycles. The van der Waals surface area contributed by atoms with Gasteiger partial charge in [-0.15, -0.1) is 6.58 Å². The molecule has 0 aromatic rings. The second kappa shape index (κ2) is 4.49. The molecule has 0 aliphatic carbocycles. The first kappa shape index (κ1) is 11.4. The van der Waals surface area contributed by atoms with E-state index in [1.54, 1.807) is 0 Å². The number of sulfonamides is 1. The molecule has 0 heterocycles. The van der Waals surface area contributed by atoms with E-state index >= 15 is 0 Å². The van der Waals surface area contributed by atoms with Crippen LogP contribution in [0.4, 0.5) is 0 Å². The zero-order valence-corrected chi connectivity index (χ0v) is 6.02. The van der Waals surface area contributed by atoms with Crippen LogP contribution < -0.4 is 11.3 Å². The number of allylic oxidation sites excluding steroid dienone is 1. The Balaban J connectivity index is 0. The molecule has 0 rings (SSSR count). The summed E-state index contributed by atoms with van der Waals surface area (Å²) in [6.45, 7) is 3.34. The molecule has 0 aromatic heterocycles. The summed E-state index contributed by atoms with van der Waals surface area (Å²) in [5.41, 5.74) is 0. The standard InChI is InChI=1S/C4H9NO2S.H3N/c1-2-3-4-8(5,6)7;/h2H,1,3-4H2,(H2,5,6,7);1H3. The molecule has 5 N–H and O–H groups in total. The second-order valence-corrected chi connectivity index (χ2v) is 3.18. The third-order valence-electron chi connectivity index (χ3n) is 0.606. The first-order chi connectivity index (χ1) is 3.56. The van der Waals surface area contributed by atoms with E-state index in [9.17, 15) is 8.42 Å². The summed E-state index contributed by atoms with van der Waals surface area (Å²) >= 11 is 0. The van der Waals surface area contributed by atoms with E-state index in [4.69, 9.17) is 0 Å². The van der Waals surface area contributed by atoms with Gasteiger partial charge in [0, 0.05) is 0 Å². The van der Waals surface area contributed by atoms with Crippen LogP contribution in [0.1, 0.15) is 6.42 Å². The van der Waals surface area contributed by atoms with Gasteiger partial charge in [0.1, 0.15) is 0 Å². The highest BCUT2D eigenvalue weighted by Gasteiger charge is 1.97. The first-order valence-corrected chi connectivity index (χ1v) is 3.89. The van der Waals surface area contributed by atoms with Gasteiger partial charge in [-0.1, -0.05) is 6.08 Å². The minimum absolute atomic E-state index is 0. The first-order valence-electron chi connectivity index (χ1n) is 2.17. The van der Waals surface area contributed by atoms with Crippen LogP contribution in [0, 0.1) is 0 Å². The lowest BCUT2D eigenvalue weighted by molar-refractivity contribution is 0.597. The van der Waals surface area contributed by atoms with Crippen molar-refractivity contribution in [3.8, 4) is 0 Å². The van der Waals surface area contributed by atoms with Crippen molar-refractivity contribution < 1.29 is 8.42 Å². The van der Waals surface area contributed by atoms with Gasteiger partial charge in [-0.25, -0.2) is 13.6 Å². The van der Waals surface area contributed by atoms with Crippen molar-refractivity contribution in [1.82, 2.24) is 6.15 Å². The molecule has 9 heavy (non-hydrogen) atoms. The Hall–Kier alpha value is -0.390. The number of nitrogens with two attached hydrogens (primary N) is 1. The molecular formula is C4H12N2O2S. The summed E-state index contributed by atoms with van der Waals surface area (Å²) in [5, 5.41) is 4.65. The van der Waals surface area contributed by atoms with Crippen LogP contribution in [0.5, 0.6) is 0 Å². The Morgan fingerprint density at radius 3 is 2.11 bits per heavy atom. The summed E-state index contributed by atoms with van der Waals surface area (Å²) in [6, 6.07) is 0. The second-order valence-electron chi connectivity index (χ2n) is 1.44. The quantitative estimate of drug-likeness (QED) is 0.558. The van der Waals surface area contributed by atoms with Crippen LogP contribution in [0.15, 0.2) is 12.7 Å². The lowest BCUT2D eigenvalue weighted by atomic mass is 10.5. The van der Waals surface area contributed by atoms with Gasteiger partial charge in [-0.2, -0.15) is 0 Å². The number of hydrogen-bond acceptors (Lipinski definition) is 3. The fourth-order valence-corrected chi connectivity index (χ4v) is 0.743. The Morgan fingerprint density at radius 2 is 2.00 bits per heavy atom.